The Morgan fingerprint density at radius 1 is 1.03 bits per heavy atom. The highest BCUT2D eigenvalue weighted by Crippen LogP contribution is 2.20. The van der Waals surface area contributed by atoms with E-state index in [1.54, 1.807) is 37.3 Å². The zero-order valence-corrected chi connectivity index (χ0v) is 20.0. The summed E-state index contributed by atoms with van der Waals surface area (Å²) < 4.78 is 24.6. The summed E-state index contributed by atoms with van der Waals surface area (Å²) in [6.45, 7) is 5.00. The number of guanidine groups is 1. The molecule has 0 bridgehead atoms. The Morgan fingerprint density at radius 3 is 2.21 bits per heavy atom. The molecule has 0 aliphatic carbocycles. The number of rotatable bonds is 9. The van der Waals surface area contributed by atoms with E-state index in [1.165, 1.54) is 0 Å². The quantitative estimate of drug-likeness (QED) is 0.200. The van der Waals surface area contributed by atoms with Gasteiger partial charge in [0, 0.05) is 13.1 Å². The monoisotopic (exact) mass is 531 g/mol. The van der Waals surface area contributed by atoms with Crippen LogP contribution >= 0.6 is 24.0 Å². The zero-order valence-electron chi connectivity index (χ0n) is 16.8. The average Bonchev–Trinajstić information content (AvgIpc) is 2.70. The highest BCUT2D eigenvalue weighted by Gasteiger charge is 2.22. The van der Waals surface area contributed by atoms with Gasteiger partial charge in [-0.25, -0.2) is 13.4 Å². The molecule has 2 rings (SSSR count). The van der Waals surface area contributed by atoms with Crippen LogP contribution in [0.1, 0.15) is 25.8 Å². The van der Waals surface area contributed by atoms with E-state index in [2.05, 4.69) is 15.6 Å². The van der Waals surface area contributed by atoms with Gasteiger partial charge in [0.1, 0.15) is 5.60 Å². The van der Waals surface area contributed by atoms with Gasteiger partial charge in [0.15, 0.2) is 15.8 Å². The minimum Gasteiger partial charge on any atom is -0.384 e. The minimum absolute atomic E-state index is 0. The van der Waals surface area contributed by atoms with Crippen molar-refractivity contribution < 1.29 is 13.5 Å². The lowest BCUT2D eigenvalue weighted by Crippen LogP contribution is -2.39. The van der Waals surface area contributed by atoms with Gasteiger partial charge in [-0.05, 0) is 38.0 Å². The standard InChI is InChI=1S/C21H29N3O3S.HI/c1-3-22-20(24-17-21(2,25)18-11-6-4-7-12-18)23-15-10-16-28(26,27)19-13-8-5-9-14-19;/h4-9,11-14,25H,3,10,15-17H2,1-2H3,(H2,22,23,24);1H. The number of nitrogens with zero attached hydrogens (tertiary/aromatic N) is 1. The predicted molar refractivity (Wildman–Crippen MR) is 129 cm³/mol. The molecule has 8 heteroatoms. The summed E-state index contributed by atoms with van der Waals surface area (Å²) in [5, 5.41) is 16.9. The van der Waals surface area contributed by atoms with Crippen LogP contribution in [0.4, 0.5) is 0 Å². The first-order valence-corrected chi connectivity index (χ1v) is 11.1. The number of halogens is 1. The van der Waals surface area contributed by atoms with E-state index in [-0.39, 0.29) is 36.3 Å². The first kappa shape index (κ1) is 25.4. The molecule has 3 N–H and O–H groups in total. The Labute approximate surface area is 190 Å². The van der Waals surface area contributed by atoms with Crippen molar-refractivity contribution in [1.29, 1.82) is 0 Å². The molecule has 0 aliphatic rings. The highest BCUT2D eigenvalue weighted by atomic mass is 127. The molecule has 1 unspecified atom stereocenters. The van der Waals surface area contributed by atoms with Crippen LogP contribution in [-0.2, 0) is 15.4 Å². The van der Waals surface area contributed by atoms with Gasteiger partial charge in [-0.1, -0.05) is 48.5 Å². The van der Waals surface area contributed by atoms with Gasteiger partial charge in [-0.3, -0.25) is 0 Å². The van der Waals surface area contributed by atoms with E-state index in [0.29, 0.717) is 30.4 Å². The molecule has 2 aromatic carbocycles. The van der Waals surface area contributed by atoms with Crippen molar-refractivity contribution in [2.75, 3.05) is 25.4 Å². The maximum Gasteiger partial charge on any atom is 0.191 e. The van der Waals surface area contributed by atoms with Crippen molar-refractivity contribution in [2.24, 2.45) is 4.99 Å². The first-order chi connectivity index (χ1) is 13.3. The molecule has 0 fully saturated rings. The van der Waals surface area contributed by atoms with Crippen molar-refractivity contribution in [3.8, 4) is 0 Å². The van der Waals surface area contributed by atoms with E-state index in [1.807, 2.05) is 37.3 Å². The summed E-state index contributed by atoms with van der Waals surface area (Å²) in [7, 11) is -3.28. The van der Waals surface area contributed by atoms with Gasteiger partial charge < -0.3 is 15.7 Å². The first-order valence-electron chi connectivity index (χ1n) is 9.43. The zero-order chi connectivity index (χ0) is 20.5. The molecule has 0 radical (unpaired) electrons. The Kier molecular flexibility index (Phi) is 10.6. The lowest BCUT2D eigenvalue weighted by Gasteiger charge is -2.22. The maximum absolute atomic E-state index is 12.3. The molecule has 1 atom stereocenters. The molecule has 0 spiro atoms. The third-order valence-corrected chi connectivity index (χ3v) is 6.09. The molecule has 160 valence electrons. The van der Waals surface area contributed by atoms with Gasteiger partial charge in [-0.15, -0.1) is 24.0 Å². The Balaban J connectivity index is 0.00000420. The summed E-state index contributed by atoms with van der Waals surface area (Å²) in [5.74, 6) is 0.612. The Morgan fingerprint density at radius 2 is 1.62 bits per heavy atom. The van der Waals surface area contributed by atoms with Gasteiger partial charge in [-0.2, -0.15) is 0 Å². The van der Waals surface area contributed by atoms with Gasteiger partial charge in [0.25, 0.3) is 0 Å². The van der Waals surface area contributed by atoms with Crippen LogP contribution in [0.2, 0.25) is 0 Å². The fourth-order valence-electron chi connectivity index (χ4n) is 2.68. The number of aliphatic hydroxyl groups is 1. The van der Waals surface area contributed by atoms with Gasteiger partial charge in [0.05, 0.1) is 17.2 Å². The lowest BCUT2D eigenvalue weighted by atomic mass is 9.96. The molecular weight excluding hydrogens is 501 g/mol. The normalized spacial score (nSPS) is 13.8. The number of nitrogens with one attached hydrogen (secondary N) is 2. The summed E-state index contributed by atoms with van der Waals surface area (Å²) in [4.78, 5) is 4.79. The SMILES string of the molecule is CCNC(=NCC(C)(O)c1ccccc1)NCCCS(=O)(=O)c1ccccc1.I. The van der Waals surface area contributed by atoms with Gasteiger partial charge >= 0.3 is 0 Å². The van der Waals surface area contributed by atoms with Crippen molar-refractivity contribution in [1.82, 2.24) is 10.6 Å². The maximum atomic E-state index is 12.3. The fraction of sp³-hybridized carbons (Fsp3) is 0.381. The molecule has 0 aliphatic heterocycles. The molecule has 0 amide bonds. The van der Waals surface area contributed by atoms with Crippen LogP contribution in [0.3, 0.4) is 0 Å². The number of hydrogen-bond acceptors (Lipinski definition) is 4. The van der Waals surface area contributed by atoms with E-state index in [4.69, 9.17) is 0 Å². The molecule has 0 aromatic heterocycles. The third-order valence-electron chi connectivity index (χ3n) is 4.27. The van der Waals surface area contributed by atoms with Crippen molar-refractivity contribution >= 4 is 39.8 Å². The van der Waals surface area contributed by atoms with Crippen LogP contribution < -0.4 is 10.6 Å². The molecule has 6 nitrogen and oxygen atoms in total. The summed E-state index contributed by atoms with van der Waals surface area (Å²) >= 11 is 0. The Hall–Kier alpha value is -1.65. The Bertz CT molecular complexity index is 857. The van der Waals surface area contributed by atoms with Crippen molar-refractivity contribution in [3.63, 3.8) is 0 Å². The van der Waals surface area contributed by atoms with E-state index in [0.717, 1.165) is 5.56 Å². The van der Waals surface area contributed by atoms with E-state index in [9.17, 15) is 13.5 Å². The summed E-state index contributed by atoms with van der Waals surface area (Å²) in [5.41, 5.74) is -0.288. The van der Waals surface area contributed by atoms with E-state index >= 15 is 0 Å². The van der Waals surface area contributed by atoms with Crippen LogP contribution in [0.15, 0.2) is 70.6 Å². The van der Waals surface area contributed by atoms with Crippen molar-refractivity contribution in [2.45, 2.75) is 30.8 Å². The topological polar surface area (TPSA) is 90.8 Å². The van der Waals surface area contributed by atoms with Crippen LogP contribution in [0.25, 0.3) is 0 Å². The number of benzene rings is 2. The largest absolute Gasteiger partial charge is 0.384 e. The molecular formula is C21H30IN3O3S. The molecule has 29 heavy (non-hydrogen) atoms. The second-order valence-electron chi connectivity index (χ2n) is 6.75. The van der Waals surface area contributed by atoms with E-state index < -0.39 is 15.4 Å². The van der Waals surface area contributed by atoms with Crippen molar-refractivity contribution in [3.05, 3.63) is 66.2 Å². The van der Waals surface area contributed by atoms with Gasteiger partial charge in [0.2, 0.25) is 0 Å². The summed E-state index contributed by atoms with van der Waals surface area (Å²) in [6, 6.07) is 17.9. The molecule has 0 heterocycles. The van der Waals surface area contributed by atoms with Crippen LogP contribution in [-0.4, -0.2) is 44.9 Å². The lowest BCUT2D eigenvalue weighted by molar-refractivity contribution is 0.0672. The second kappa shape index (κ2) is 12.1. The molecule has 0 saturated carbocycles. The number of sulfone groups is 1. The minimum atomic E-state index is -3.28. The third kappa shape index (κ3) is 8.31. The molecule has 0 saturated heterocycles. The molecule has 2 aromatic rings. The average molecular weight is 531 g/mol. The summed E-state index contributed by atoms with van der Waals surface area (Å²) in [6.07, 6.45) is 0.455. The highest BCUT2D eigenvalue weighted by molar-refractivity contribution is 14.0. The van der Waals surface area contributed by atoms with Crippen LogP contribution in [0, 0.1) is 0 Å². The predicted octanol–water partition coefficient (Wildman–Crippen LogP) is 2.93. The number of aliphatic imine (C=N–C) groups is 1. The fourth-order valence-corrected chi connectivity index (χ4v) is 4.01. The smallest absolute Gasteiger partial charge is 0.191 e. The number of hydrogen-bond donors (Lipinski definition) is 3. The van der Waals surface area contributed by atoms with Crippen LogP contribution in [0.5, 0.6) is 0 Å². The second-order valence-corrected chi connectivity index (χ2v) is 8.86.